The van der Waals surface area contributed by atoms with E-state index >= 15 is 0 Å². The summed E-state index contributed by atoms with van der Waals surface area (Å²) in [4.78, 5) is 9.36. The van der Waals surface area contributed by atoms with Gasteiger partial charge in [-0.25, -0.2) is 9.97 Å². The number of nitrogens with zero attached hydrogens (tertiary/aromatic N) is 2. The zero-order valence-corrected chi connectivity index (χ0v) is 7.56. The lowest BCUT2D eigenvalue weighted by Gasteiger charge is -1.90. The Labute approximate surface area is 74.3 Å². The van der Waals surface area contributed by atoms with Crippen molar-refractivity contribution in [3.05, 3.63) is 17.3 Å². The topological polar surface area (TPSA) is 51.8 Å². The second kappa shape index (κ2) is 2.71. The summed E-state index contributed by atoms with van der Waals surface area (Å²) >= 11 is 1.67. The summed E-state index contributed by atoms with van der Waals surface area (Å²) in [6.45, 7) is 2.12. The first-order chi connectivity index (χ1) is 5.81. The van der Waals surface area contributed by atoms with Crippen LogP contribution in [0.15, 0.2) is 12.4 Å². The van der Waals surface area contributed by atoms with Gasteiger partial charge in [-0.3, -0.25) is 0 Å². The van der Waals surface area contributed by atoms with Crippen molar-refractivity contribution in [3.63, 3.8) is 0 Å². The molecule has 3 nitrogen and oxygen atoms in total. The SMILES string of the molecule is CCc1cc2ncnc(N)c2s1. The lowest BCUT2D eigenvalue weighted by Crippen LogP contribution is -1.89. The number of anilines is 1. The third-order valence-corrected chi connectivity index (χ3v) is 3.03. The van der Waals surface area contributed by atoms with E-state index in [0.717, 1.165) is 16.6 Å². The van der Waals surface area contributed by atoms with E-state index in [2.05, 4.69) is 23.0 Å². The van der Waals surface area contributed by atoms with Crippen LogP contribution in [0.3, 0.4) is 0 Å². The maximum Gasteiger partial charge on any atom is 0.144 e. The first-order valence-electron chi connectivity index (χ1n) is 3.80. The Balaban J connectivity index is 2.74. The number of nitrogens with two attached hydrogens (primary N) is 1. The highest BCUT2D eigenvalue weighted by atomic mass is 32.1. The van der Waals surface area contributed by atoms with Gasteiger partial charge in [-0.2, -0.15) is 0 Å². The van der Waals surface area contributed by atoms with E-state index in [9.17, 15) is 0 Å². The summed E-state index contributed by atoms with van der Waals surface area (Å²) in [6, 6.07) is 2.07. The molecule has 12 heavy (non-hydrogen) atoms. The molecule has 0 saturated heterocycles. The van der Waals surface area contributed by atoms with E-state index in [-0.39, 0.29) is 0 Å². The summed E-state index contributed by atoms with van der Waals surface area (Å²) in [6.07, 6.45) is 2.53. The average Bonchev–Trinajstić information content (AvgIpc) is 2.49. The quantitative estimate of drug-likeness (QED) is 0.726. The van der Waals surface area contributed by atoms with Gasteiger partial charge in [-0.1, -0.05) is 6.92 Å². The van der Waals surface area contributed by atoms with Gasteiger partial charge in [0.25, 0.3) is 0 Å². The maximum atomic E-state index is 5.68. The molecule has 2 rings (SSSR count). The Morgan fingerprint density at radius 1 is 1.50 bits per heavy atom. The van der Waals surface area contributed by atoms with Gasteiger partial charge < -0.3 is 5.73 Å². The lowest BCUT2D eigenvalue weighted by molar-refractivity contribution is 1.18. The Hall–Kier alpha value is -1.16. The van der Waals surface area contributed by atoms with Crippen LogP contribution in [0.2, 0.25) is 0 Å². The van der Waals surface area contributed by atoms with Crippen LogP contribution >= 0.6 is 11.3 Å². The molecule has 0 radical (unpaired) electrons. The number of aromatic nitrogens is 2. The van der Waals surface area contributed by atoms with Gasteiger partial charge >= 0.3 is 0 Å². The molecule has 0 bridgehead atoms. The Morgan fingerprint density at radius 3 is 3.00 bits per heavy atom. The van der Waals surface area contributed by atoms with E-state index in [0.29, 0.717) is 5.82 Å². The molecule has 0 aromatic carbocycles. The molecule has 0 fully saturated rings. The van der Waals surface area contributed by atoms with Crippen LogP contribution in [0, 0.1) is 0 Å². The number of nitrogen functional groups attached to an aromatic ring is 1. The number of fused-ring (bicyclic) bond motifs is 1. The molecule has 0 aliphatic heterocycles. The van der Waals surface area contributed by atoms with E-state index < -0.39 is 0 Å². The van der Waals surface area contributed by atoms with Gasteiger partial charge in [0.05, 0.1) is 10.2 Å². The molecule has 0 spiro atoms. The fourth-order valence-corrected chi connectivity index (χ4v) is 2.05. The highest BCUT2D eigenvalue weighted by Crippen LogP contribution is 2.27. The molecular weight excluding hydrogens is 170 g/mol. The molecule has 0 unspecified atom stereocenters. The van der Waals surface area contributed by atoms with Crippen molar-refractivity contribution >= 4 is 27.4 Å². The monoisotopic (exact) mass is 179 g/mol. The zero-order chi connectivity index (χ0) is 8.55. The van der Waals surface area contributed by atoms with Gasteiger partial charge in [0.2, 0.25) is 0 Å². The highest BCUT2D eigenvalue weighted by molar-refractivity contribution is 7.19. The summed E-state index contributed by atoms with van der Waals surface area (Å²) in [5.41, 5.74) is 6.65. The molecule has 0 aliphatic rings. The number of hydrogen-bond acceptors (Lipinski definition) is 4. The number of rotatable bonds is 1. The van der Waals surface area contributed by atoms with E-state index in [1.165, 1.54) is 11.2 Å². The number of aryl methyl sites for hydroxylation is 1. The minimum atomic E-state index is 0.588. The largest absolute Gasteiger partial charge is 0.382 e. The smallest absolute Gasteiger partial charge is 0.144 e. The van der Waals surface area contributed by atoms with Crippen molar-refractivity contribution in [2.45, 2.75) is 13.3 Å². The number of thiophene rings is 1. The second-order valence-corrected chi connectivity index (χ2v) is 3.68. The predicted octanol–water partition coefficient (Wildman–Crippen LogP) is 1.84. The zero-order valence-electron chi connectivity index (χ0n) is 6.74. The summed E-state index contributed by atoms with van der Waals surface area (Å²) in [5, 5.41) is 0. The van der Waals surface area contributed by atoms with Crippen LogP contribution in [0.5, 0.6) is 0 Å². The predicted molar refractivity (Wildman–Crippen MR) is 51.2 cm³/mol. The fourth-order valence-electron chi connectivity index (χ4n) is 1.10. The van der Waals surface area contributed by atoms with E-state index in [1.54, 1.807) is 11.3 Å². The molecular formula is C8H9N3S. The second-order valence-electron chi connectivity index (χ2n) is 2.54. The summed E-state index contributed by atoms with van der Waals surface area (Å²) in [7, 11) is 0. The standard InChI is InChI=1S/C8H9N3S/c1-2-5-3-6-7(12-5)8(9)11-4-10-6/h3-4H,2H2,1H3,(H2,9,10,11). The third-order valence-electron chi connectivity index (χ3n) is 1.74. The van der Waals surface area contributed by atoms with Gasteiger partial charge in [0.1, 0.15) is 12.1 Å². The van der Waals surface area contributed by atoms with E-state index in [1.807, 2.05) is 0 Å². The van der Waals surface area contributed by atoms with Crippen molar-refractivity contribution in [1.29, 1.82) is 0 Å². The van der Waals surface area contributed by atoms with Gasteiger partial charge in [-0.05, 0) is 12.5 Å². The summed E-state index contributed by atoms with van der Waals surface area (Å²) < 4.78 is 1.01. The third kappa shape index (κ3) is 1.04. The van der Waals surface area contributed by atoms with Crippen molar-refractivity contribution in [1.82, 2.24) is 9.97 Å². The van der Waals surface area contributed by atoms with Crippen LogP contribution in [-0.4, -0.2) is 9.97 Å². The maximum absolute atomic E-state index is 5.68. The average molecular weight is 179 g/mol. The van der Waals surface area contributed by atoms with Gasteiger partial charge in [0.15, 0.2) is 0 Å². The fraction of sp³-hybridized carbons (Fsp3) is 0.250. The Bertz CT molecular complexity index is 408. The van der Waals surface area contributed by atoms with Crippen molar-refractivity contribution < 1.29 is 0 Å². The molecule has 4 heteroatoms. The first kappa shape index (κ1) is 7.49. The first-order valence-corrected chi connectivity index (χ1v) is 4.62. The Kier molecular flexibility index (Phi) is 1.69. The van der Waals surface area contributed by atoms with Crippen LogP contribution in [0.25, 0.3) is 10.2 Å². The van der Waals surface area contributed by atoms with Crippen molar-refractivity contribution in [2.24, 2.45) is 0 Å². The van der Waals surface area contributed by atoms with E-state index in [4.69, 9.17) is 5.73 Å². The van der Waals surface area contributed by atoms with Gasteiger partial charge in [0, 0.05) is 4.88 Å². The molecule has 2 heterocycles. The lowest BCUT2D eigenvalue weighted by atomic mass is 10.3. The Morgan fingerprint density at radius 2 is 2.33 bits per heavy atom. The molecule has 2 aromatic heterocycles. The molecule has 0 atom stereocenters. The molecule has 62 valence electrons. The summed E-state index contributed by atoms with van der Waals surface area (Å²) in [5.74, 6) is 0.588. The van der Waals surface area contributed by atoms with Crippen LogP contribution in [0.1, 0.15) is 11.8 Å². The minimum Gasteiger partial charge on any atom is -0.382 e. The molecule has 0 aliphatic carbocycles. The van der Waals surface area contributed by atoms with Gasteiger partial charge in [-0.15, -0.1) is 11.3 Å². The molecule has 2 aromatic rings. The minimum absolute atomic E-state index is 0.588. The molecule has 0 saturated carbocycles. The molecule has 0 amide bonds. The van der Waals surface area contributed by atoms with Crippen LogP contribution in [0.4, 0.5) is 5.82 Å². The van der Waals surface area contributed by atoms with Crippen molar-refractivity contribution in [2.75, 3.05) is 5.73 Å². The van der Waals surface area contributed by atoms with Crippen LogP contribution < -0.4 is 5.73 Å². The number of hydrogen-bond donors (Lipinski definition) is 1. The molecule has 2 N–H and O–H groups in total. The normalized spacial score (nSPS) is 10.8. The van der Waals surface area contributed by atoms with Crippen LogP contribution in [-0.2, 0) is 6.42 Å². The highest BCUT2D eigenvalue weighted by Gasteiger charge is 2.04. The van der Waals surface area contributed by atoms with Crippen molar-refractivity contribution in [3.8, 4) is 0 Å².